The van der Waals surface area contributed by atoms with Gasteiger partial charge in [0, 0.05) is 55.1 Å². The van der Waals surface area contributed by atoms with Crippen molar-refractivity contribution in [1.82, 2.24) is 29.7 Å². The van der Waals surface area contributed by atoms with Gasteiger partial charge in [0.05, 0.1) is 29.5 Å². The number of hydrazone groups is 1. The van der Waals surface area contributed by atoms with Gasteiger partial charge in [-0.25, -0.2) is 9.97 Å². The zero-order chi connectivity index (χ0) is 24.3. The number of hydrogen-bond donors (Lipinski definition) is 2. The molecule has 35 heavy (non-hydrogen) atoms. The van der Waals surface area contributed by atoms with Gasteiger partial charge in [0.2, 0.25) is 5.91 Å². The number of fused-ring (bicyclic) bond motifs is 2. The van der Waals surface area contributed by atoms with E-state index in [4.69, 9.17) is 5.73 Å². The van der Waals surface area contributed by atoms with Crippen LogP contribution in [0.3, 0.4) is 0 Å². The van der Waals surface area contributed by atoms with E-state index in [1.54, 1.807) is 28.3 Å². The quantitative estimate of drug-likeness (QED) is 0.474. The van der Waals surface area contributed by atoms with E-state index in [-0.39, 0.29) is 17.7 Å². The maximum Gasteiger partial charge on any atom is 0.229 e. The van der Waals surface area contributed by atoms with Gasteiger partial charge in [-0.3, -0.25) is 19.5 Å². The predicted octanol–water partition coefficient (Wildman–Crippen LogP) is 3.00. The minimum Gasteiger partial charge on any atom is -0.383 e. The molecule has 4 aromatic rings. The Hall–Kier alpha value is -4.60. The van der Waals surface area contributed by atoms with Crippen LogP contribution in [-0.2, 0) is 11.8 Å². The third-order valence-corrected chi connectivity index (χ3v) is 6.52. The topological polar surface area (TPSA) is 127 Å². The van der Waals surface area contributed by atoms with Crippen LogP contribution in [0.1, 0.15) is 29.2 Å². The molecule has 4 aromatic heterocycles. The van der Waals surface area contributed by atoms with Gasteiger partial charge in [0.15, 0.2) is 0 Å². The Bertz CT molecular complexity index is 1550. The number of amides is 1. The fourth-order valence-electron chi connectivity index (χ4n) is 4.43. The molecule has 6 rings (SSSR count). The van der Waals surface area contributed by atoms with E-state index in [1.807, 2.05) is 44.7 Å². The SMILES string of the molecule is C=C1c2ncc(-c3cc4cc(NC(=O)[C@H]5C[C@@H]5c5cnn(C)c5)ncc4c(N)n3)cc2C=NN1C. The number of nitrogens with one attached hydrogen (secondary N) is 1. The van der Waals surface area contributed by atoms with Crippen LogP contribution in [0.5, 0.6) is 0 Å². The average molecular weight is 466 g/mol. The zero-order valence-electron chi connectivity index (χ0n) is 19.3. The molecule has 0 radical (unpaired) electrons. The Morgan fingerprint density at radius 1 is 1.17 bits per heavy atom. The molecule has 0 spiro atoms. The first-order valence-corrected chi connectivity index (χ1v) is 11.2. The van der Waals surface area contributed by atoms with Crippen LogP contribution >= 0.6 is 0 Å². The lowest BCUT2D eigenvalue weighted by atomic mass is 10.0. The Labute approximate surface area is 201 Å². The first-order valence-electron chi connectivity index (χ1n) is 11.2. The van der Waals surface area contributed by atoms with Crippen LogP contribution in [0.4, 0.5) is 11.6 Å². The molecule has 10 nitrogen and oxygen atoms in total. The van der Waals surface area contributed by atoms with Crippen LogP contribution < -0.4 is 11.1 Å². The van der Waals surface area contributed by atoms with E-state index < -0.39 is 0 Å². The number of nitrogens with zero attached hydrogens (tertiary/aromatic N) is 7. The lowest BCUT2D eigenvalue weighted by molar-refractivity contribution is -0.117. The van der Waals surface area contributed by atoms with Gasteiger partial charge in [-0.05, 0) is 41.5 Å². The van der Waals surface area contributed by atoms with Crippen molar-refractivity contribution >= 4 is 40.2 Å². The van der Waals surface area contributed by atoms with Crippen LogP contribution in [0.25, 0.3) is 27.7 Å². The van der Waals surface area contributed by atoms with Gasteiger partial charge in [-0.1, -0.05) is 6.58 Å². The summed E-state index contributed by atoms with van der Waals surface area (Å²) in [5, 5.41) is 14.7. The summed E-state index contributed by atoms with van der Waals surface area (Å²) in [5.41, 5.74) is 11.2. The monoisotopic (exact) mass is 465 g/mol. The second-order valence-corrected chi connectivity index (χ2v) is 8.95. The summed E-state index contributed by atoms with van der Waals surface area (Å²) in [6.45, 7) is 4.04. The number of hydrogen-bond acceptors (Lipinski definition) is 8. The summed E-state index contributed by atoms with van der Waals surface area (Å²) in [6.07, 6.45) is 9.72. The third-order valence-electron chi connectivity index (χ3n) is 6.52. The van der Waals surface area contributed by atoms with E-state index in [2.05, 4.69) is 37.0 Å². The van der Waals surface area contributed by atoms with Crippen molar-refractivity contribution in [2.75, 3.05) is 18.1 Å². The number of carbonyl (C=O) groups excluding carboxylic acids is 1. The number of aromatic nitrogens is 5. The molecule has 2 atom stereocenters. The molecule has 2 aliphatic rings. The molecule has 1 saturated carbocycles. The summed E-state index contributed by atoms with van der Waals surface area (Å²) in [6, 6.07) is 5.70. The van der Waals surface area contributed by atoms with Gasteiger partial charge < -0.3 is 11.1 Å². The van der Waals surface area contributed by atoms with E-state index in [9.17, 15) is 4.79 Å². The van der Waals surface area contributed by atoms with Crippen molar-refractivity contribution in [3.05, 3.63) is 66.4 Å². The summed E-state index contributed by atoms with van der Waals surface area (Å²) < 4.78 is 1.75. The molecule has 1 fully saturated rings. The summed E-state index contributed by atoms with van der Waals surface area (Å²) in [5.74, 6) is 0.915. The van der Waals surface area contributed by atoms with Gasteiger partial charge >= 0.3 is 0 Å². The molecule has 1 aliphatic carbocycles. The minimum atomic E-state index is -0.0770. The Kier molecular flexibility index (Phi) is 4.63. The van der Waals surface area contributed by atoms with Crippen LogP contribution in [-0.4, -0.2) is 48.9 Å². The highest BCUT2D eigenvalue weighted by molar-refractivity contribution is 5.99. The number of rotatable bonds is 4. The summed E-state index contributed by atoms with van der Waals surface area (Å²) >= 11 is 0. The molecule has 0 unspecified atom stereocenters. The molecule has 0 bridgehead atoms. The summed E-state index contributed by atoms with van der Waals surface area (Å²) in [4.78, 5) is 26.3. The highest BCUT2D eigenvalue weighted by atomic mass is 16.2. The molecule has 0 saturated heterocycles. The number of pyridine rings is 3. The largest absolute Gasteiger partial charge is 0.383 e. The lowest BCUT2D eigenvalue weighted by Crippen LogP contribution is -2.16. The molecule has 1 aliphatic heterocycles. The van der Waals surface area contributed by atoms with Crippen molar-refractivity contribution in [2.24, 2.45) is 18.1 Å². The van der Waals surface area contributed by atoms with E-state index in [0.717, 1.165) is 39.9 Å². The fraction of sp³-hybridized carbons (Fsp3) is 0.200. The second-order valence-electron chi connectivity index (χ2n) is 8.95. The van der Waals surface area contributed by atoms with Gasteiger partial charge in [0.25, 0.3) is 0 Å². The molecule has 3 N–H and O–H groups in total. The highest BCUT2D eigenvalue weighted by Gasteiger charge is 2.44. The average Bonchev–Trinajstić information content (AvgIpc) is 3.54. The molecular formula is C25H23N9O. The number of anilines is 2. The second kappa shape index (κ2) is 7.73. The van der Waals surface area contributed by atoms with Crippen molar-refractivity contribution in [2.45, 2.75) is 12.3 Å². The van der Waals surface area contributed by atoms with E-state index in [1.165, 1.54) is 0 Å². The number of nitrogens with two attached hydrogens (primary N) is 1. The standard InChI is InChI=1S/C25H23N9O/c1-13-23-16(9-30-34(13)3)4-15(8-28-23)21-5-14-6-22(27-11-20(14)24(26)31-21)32-25(35)19-7-18(19)17-10-29-33(2)12-17/h4-6,8-12,18-19H,1,7H2,2-3H3,(H2,26,31)(H,27,32,35)/t18-,19+/m1/s1. The Morgan fingerprint density at radius 2 is 2.03 bits per heavy atom. The maximum absolute atomic E-state index is 12.8. The number of nitrogen functional groups attached to an aromatic ring is 1. The first kappa shape index (κ1) is 21.0. The molecular weight excluding hydrogens is 442 g/mol. The zero-order valence-corrected chi connectivity index (χ0v) is 19.3. The van der Waals surface area contributed by atoms with Crippen LogP contribution in [0.15, 0.2) is 54.7 Å². The predicted molar refractivity (Wildman–Crippen MR) is 134 cm³/mol. The third kappa shape index (κ3) is 3.68. The van der Waals surface area contributed by atoms with Crippen molar-refractivity contribution in [3.63, 3.8) is 0 Å². The summed E-state index contributed by atoms with van der Waals surface area (Å²) in [7, 11) is 3.70. The van der Waals surface area contributed by atoms with Gasteiger partial charge in [0.1, 0.15) is 11.6 Å². The van der Waals surface area contributed by atoms with Crippen LogP contribution in [0, 0.1) is 5.92 Å². The lowest BCUT2D eigenvalue weighted by Gasteiger charge is -2.21. The molecule has 1 amide bonds. The molecule has 0 aromatic carbocycles. The maximum atomic E-state index is 12.8. The minimum absolute atomic E-state index is 0.0451. The van der Waals surface area contributed by atoms with Crippen LogP contribution in [0.2, 0.25) is 0 Å². The molecule has 174 valence electrons. The Morgan fingerprint density at radius 3 is 2.83 bits per heavy atom. The highest BCUT2D eigenvalue weighted by Crippen LogP contribution is 2.47. The van der Waals surface area contributed by atoms with Crippen molar-refractivity contribution in [3.8, 4) is 11.3 Å². The van der Waals surface area contributed by atoms with E-state index in [0.29, 0.717) is 22.7 Å². The van der Waals surface area contributed by atoms with E-state index >= 15 is 0 Å². The van der Waals surface area contributed by atoms with Gasteiger partial charge in [-0.15, -0.1) is 0 Å². The Balaban J connectivity index is 1.27. The number of carbonyl (C=O) groups is 1. The number of aryl methyl sites for hydroxylation is 1. The molecule has 10 heteroatoms. The normalized spacial score (nSPS) is 18.6. The van der Waals surface area contributed by atoms with Gasteiger partial charge in [-0.2, -0.15) is 10.2 Å². The molecule has 5 heterocycles. The fourth-order valence-corrected chi connectivity index (χ4v) is 4.43. The van der Waals surface area contributed by atoms with Crippen molar-refractivity contribution in [1.29, 1.82) is 0 Å². The first-order chi connectivity index (χ1) is 16.9. The van der Waals surface area contributed by atoms with Crippen molar-refractivity contribution < 1.29 is 4.79 Å². The smallest absolute Gasteiger partial charge is 0.229 e.